The molecule has 411 valence electrons. The minimum Gasteiger partial charge on any atom is 2.00 e. The van der Waals surface area contributed by atoms with Crippen molar-refractivity contribution in [2.45, 2.75) is 89.4 Å². The molecule has 2 saturated heterocycles. The third-order valence-electron chi connectivity index (χ3n) is 9.58. The molecule has 4 heterocycles. The molecular weight excluding hydrogens is 1320 g/mol. The van der Waals surface area contributed by atoms with E-state index < -0.39 is 97.0 Å². The Hall–Kier alpha value is -3.88. The van der Waals surface area contributed by atoms with Crippen molar-refractivity contribution < 1.29 is 104 Å². The first-order valence-corrected chi connectivity index (χ1v) is 31.3. The van der Waals surface area contributed by atoms with Crippen LogP contribution < -0.4 is 0 Å². The predicted octanol–water partition coefficient (Wildman–Crippen LogP) is 15.9. The Morgan fingerprint density at radius 3 is 0.904 bits per heavy atom. The zero-order valence-corrected chi connectivity index (χ0v) is 43.1. The van der Waals surface area contributed by atoms with Crippen LogP contribution in [0, 0.1) is 22.7 Å². The second-order valence-electron chi connectivity index (χ2n) is 15.2. The molecule has 4 aromatic rings. The molecule has 6 rings (SSSR count). The minimum absolute atomic E-state index is 0. The van der Waals surface area contributed by atoms with Gasteiger partial charge in [-0.15, -0.1) is 0 Å². The van der Waals surface area contributed by atoms with E-state index in [0.29, 0.717) is 60.9 Å². The number of aromatic nitrogens is 2. The van der Waals surface area contributed by atoms with Crippen LogP contribution in [0.3, 0.4) is 0 Å². The Labute approximate surface area is 414 Å². The molecule has 0 amide bonds. The number of rotatable bonds is 7. The van der Waals surface area contributed by atoms with Crippen molar-refractivity contribution >= 4 is 39.0 Å². The number of nitrogens with zero attached hydrogens (tertiary/aromatic N) is 6. The topological polar surface area (TPSA) is 79.8 Å². The smallest absolute Gasteiger partial charge is 2.00 e. The van der Waals surface area contributed by atoms with E-state index >= 15 is 0 Å². The summed E-state index contributed by atoms with van der Waals surface area (Å²) in [5.74, 6) is 0. The number of alkyl halides is 12. The average Bonchev–Trinajstić information content (AvgIpc) is 3.84. The normalized spacial score (nSPS) is 18.5. The van der Waals surface area contributed by atoms with E-state index in [2.05, 4.69) is 19.8 Å². The molecule has 6 nitrogen and oxygen atoms in total. The van der Waals surface area contributed by atoms with Gasteiger partial charge in [-0.2, -0.15) is 63.2 Å². The molecule has 0 saturated carbocycles. The Morgan fingerprint density at radius 1 is 0.479 bits per heavy atom. The number of nitriles is 2. The van der Waals surface area contributed by atoms with Crippen LogP contribution in [0.4, 0.5) is 86.4 Å². The molecule has 2 aromatic carbocycles. The molecule has 33 heteroatoms. The van der Waals surface area contributed by atoms with Crippen molar-refractivity contribution in [2.75, 3.05) is 13.1 Å². The van der Waals surface area contributed by atoms with Crippen molar-refractivity contribution in [1.29, 1.82) is 10.5 Å². The van der Waals surface area contributed by atoms with E-state index in [0.717, 1.165) is 38.1 Å². The second-order valence-corrected chi connectivity index (χ2v) is 26.2. The summed E-state index contributed by atoms with van der Waals surface area (Å²) < 4.78 is 284. The summed E-state index contributed by atoms with van der Waals surface area (Å²) in [4.78, 5) is 12.8. The summed E-state index contributed by atoms with van der Waals surface area (Å²) in [7, 11) is 0. The maximum absolute atomic E-state index is 13.7. The van der Waals surface area contributed by atoms with Gasteiger partial charge in [-0.1, -0.05) is 24.3 Å². The minimum atomic E-state index is -11.2. The first-order chi connectivity index (χ1) is 32.0. The summed E-state index contributed by atoms with van der Waals surface area (Å²) in [5, 5.41) is 14.6. The maximum atomic E-state index is 13.7. The van der Waals surface area contributed by atoms with Gasteiger partial charge < -0.3 is 0 Å². The molecule has 2 atom stereocenters. The van der Waals surface area contributed by atoms with Crippen LogP contribution in [0.15, 0.2) is 73.1 Å². The van der Waals surface area contributed by atoms with E-state index in [1.165, 1.54) is 38.1 Å². The monoisotopic (exact) mass is 1350 g/mol. The van der Waals surface area contributed by atoms with Crippen LogP contribution in [-0.2, 0) is 54.9 Å². The van der Waals surface area contributed by atoms with Gasteiger partial charge in [-0.25, -0.2) is 0 Å². The SMILES string of the molecule is CC#N.CC#N.FC(F)(F)c1cccc(C(F)(F)F)c1-c1ccc(CN2CCCC2C2CCCN2Cc2ccc(-c3c(C(F)(F)F)cccc3C(F)(F)F)cn2)nc1.[F][Sb-]([F])([F])([F])([F])[F].[F][Sb-]([F])([F])([F])([F])[F].[Mn+2]. The zero-order chi connectivity index (χ0) is 55.9. The Balaban J connectivity index is 0.00000108. The van der Waals surface area contributed by atoms with Crippen molar-refractivity contribution in [2.24, 2.45) is 0 Å². The van der Waals surface area contributed by atoms with Gasteiger partial charge >= 0.3 is 114 Å². The number of pyridine rings is 2. The quantitative estimate of drug-likeness (QED) is 0.135. The van der Waals surface area contributed by atoms with Crippen molar-refractivity contribution in [3.8, 4) is 34.4 Å². The van der Waals surface area contributed by atoms with E-state index in [1.54, 1.807) is 12.1 Å². The number of hydrogen-bond donors (Lipinski definition) is 0. The molecular formula is C40H36F24MnN6Sb2. The van der Waals surface area contributed by atoms with Crippen LogP contribution >= 0.6 is 0 Å². The number of halogens is 24. The van der Waals surface area contributed by atoms with Gasteiger partial charge in [0.1, 0.15) is 0 Å². The van der Waals surface area contributed by atoms with Crippen LogP contribution in [0.1, 0.15) is 73.2 Å². The summed E-state index contributed by atoms with van der Waals surface area (Å²) in [6.45, 7) is 4.77. The first kappa shape index (κ1) is 67.1. The predicted molar refractivity (Wildman–Crippen MR) is 214 cm³/mol. The fourth-order valence-corrected chi connectivity index (χ4v) is 7.39. The van der Waals surface area contributed by atoms with Crippen LogP contribution in [-0.4, -0.2) is 83.9 Å². The first-order valence-electron chi connectivity index (χ1n) is 19.7. The molecule has 2 fully saturated rings. The maximum Gasteiger partial charge on any atom is 2.00 e. The molecule has 1 radical (unpaired) electrons. The molecule has 2 unspecified atom stereocenters. The van der Waals surface area contributed by atoms with E-state index in [-0.39, 0.29) is 53.4 Å². The Kier molecular flexibility index (Phi) is 20.9. The average molecular weight is 1360 g/mol. The van der Waals surface area contributed by atoms with Gasteiger partial charge in [-0.3, -0.25) is 19.8 Å². The summed E-state index contributed by atoms with van der Waals surface area (Å²) in [5.41, 5.74) is -7.39. The summed E-state index contributed by atoms with van der Waals surface area (Å²) in [6.07, 6.45) is -14.8. The van der Waals surface area contributed by atoms with Gasteiger partial charge in [0.15, 0.2) is 0 Å². The van der Waals surface area contributed by atoms with Crippen LogP contribution in [0.2, 0.25) is 0 Å². The number of likely N-dealkylation sites (tertiary alicyclic amines) is 2. The Morgan fingerprint density at radius 2 is 0.712 bits per heavy atom. The van der Waals surface area contributed by atoms with Gasteiger partial charge in [0.25, 0.3) is 0 Å². The van der Waals surface area contributed by atoms with Gasteiger partial charge in [0, 0.05) is 73.7 Å². The molecule has 0 N–H and O–H groups in total. The molecule has 73 heavy (non-hydrogen) atoms. The van der Waals surface area contributed by atoms with Crippen molar-refractivity contribution in [1.82, 2.24) is 19.8 Å². The number of hydrogen-bond acceptors (Lipinski definition) is 6. The molecule has 2 aliphatic heterocycles. The van der Waals surface area contributed by atoms with Crippen molar-refractivity contribution in [3.63, 3.8) is 0 Å². The van der Waals surface area contributed by atoms with Crippen LogP contribution in [0.25, 0.3) is 22.3 Å². The molecule has 2 aliphatic rings. The molecule has 0 spiro atoms. The fraction of sp³-hybridized carbons (Fsp3) is 0.400. The third kappa shape index (κ3) is 25.5. The summed E-state index contributed by atoms with van der Waals surface area (Å²) >= 11 is -22.5. The van der Waals surface area contributed by atoms with Gasteiger partial charge in [0.2, 0.25) is 0 Å². The summed E-state index contributed by atoms with van der Waals surface area (Å²) in [6, 6.07) is 12.6. The van der Waals surface area contributed by atoms with Gasteiger partial charge in [-0.05, 0) is 75.2 Å². The third-order valence-corrected chi connectivity index (χ3v) is 9.58. The molecule has 0 aliphatic carbocycles. The Bertz CT molecular complexity index is 2270. The largest absolute Gasteiger partial charge is 2.00 e. The van der Waals surface area contributed by atoms with E-state index in [4.69, 9.17) is 10.5 Å². The van der Waals surface area contributed by atoms with Crippen molar-refractivity contribution in [3.05, 3.63) is 107 Å². The van der Waals surface area contributed by atoms with Crippen LogP contribution in [0.5, 0.6) is 0 Å². The molecule has 2 aromatic heterocycles. The zero-order valence-electron chi connectivity index (χ0n) is 36.8. The molecule has 0 bridgehead atoms. The van der Waals surface area contributed by atoms with E-state index in [9.17, 15) is 86.4 Å². The van der Waals surface area contributed by atoms with E-state index in [1.807, 2.05) is 0 Å². The van der Waals surface area contributed by atoms with Gasteiger partial charge in [0.05, 0.1) is 45.8 Å². The number of benzene rings is 2. The second kappa shape index (κ2) is 22.8. The fourth-order valence-electron chi connectivity index (χ4n) is 7.39. The standard InChI is InChI=1S/C36H30F12N4.2C2H3N.12FH.Mn.2Sb/c37-33(38,39)25-5-1-6-26(34(40,41)42)31(25)21-11-13-23(49-17-21)19-51-15-3-9-29(51)30-10-4-16-52(30)20-24-14-12-22(18-50-24)32-27(35(43,44)45)7-2-8-28(32)36(46,47)48;2*1-2-3;;;;;;;;;;;;;;;/h1-2,5-8,11-14,17-18,29-30H,3-4,9-10,15-16,19-20H2;2*1H3;12*1H;;;/q;;;;;;;;;;;;;;;+2;2*+5/p-12.